The standard InChI is InChI=1S/C13H14N2O2/c1-3-17-13(16)10(2)8-11-9-15-7-5-4-6-12(15)14-11/h4-9H,3H2,1-2H3/b10-8+. The summed E-state index contributed by atoms with van der Waals surface area (Å²) in [6, 6.07) is 5.77. The third-order valence-corrected chi connectivity index (χ3v) is 2.34. The number of rotatable bonds is 3. The topological polar surface area (TPSA) is 43.6 Å². The molecule has 0 unspecified atom stereocenters. The summed E-state index contributed by atoms with van der Waals surface area (Å²) in [6.07, 6.45) is 5.52. The van der Waals surface area contributed by atoms with E-state index < -0.39 is 0 Å². The van der Waals surface area contributed by atoms with Crippen LogP contribution in [-0.4, -0.2) is 22.0 Å². The quantitative estimate of drug-likeness (QED) is 0.600. The van der Waals surface area contributed by atoms with Crippen molar-refractivity contribution < 1.29 is 9.53 Å². The molecule has 0 aliphatic carbocycles. The number of carbonyl (C=O) groups is 1. The van der Waals surface area contributed by atoms with Gasteiger partial charge in [-0.2, -0.15) is 0 Å². The summed E-state index contributed by atoms with van der Waals surface area (Å²) in [5.41, 5.74) is 2.16. The predicted octanol–water partition coefficient (Wildman–Crippen LogP) is 2.30. The molecule has 0 fully saturated rings. The lowest BCUT2D eigenvalue weighted by Gasteiger charge is -1.99. The van der Waals surface area contributed by atoms with Gasteiger partial charge in [-0.05, 0) is 32.1 Å². The number of hydrogen-bond donors (Lipinski definition) is 0. The zero-order valence-electron chi connectivity index (χ0n) is 9.88. The monoisotopic (exact) mass is 230 g/mol. The fourth-order valence-electron chi connectivity index (χ4n) is 1.55. The zero-order chi connectivity index (χ0) is 12.3. The van der Waals surface area contributed by atoms with Gasteiger partial charge in [-0.3, -0.25) is 0 Å². The summed E-state index contributed by atoms with van der Waals surface area (Å²) in [6.45, 7) is 3.90. The van der Waals surface area contributed by atoms with Gasteiger partial charge in [0.1, 0.15) is 5.65 Å². The molecular weight excluding hydrogens is 216 g/mol. The average molecular weight is 230 g/mol. The molecule has 17 heavy (non-hydrogen) atoms. The number of hydrogen-bond acceptors (Lipinski definition) is 3. The minimum absolute atomic E-state index is 0.301. The molecule has 2 aromatic rings. The number of esters is 1. The Balaban J connectivity index is 2.28. The minimum atomic E-state index is -0.301. The van der Waals surface area contributed by atoms with Crippen molar-refractivity contribution in [3.8, 4) is 0 Å². The number of fused-ring (bicyclic) bond motifs is 1. The predicted molar refractivity (Wildman–Crippen MR) is 65.5 cm³/mol. The molecule has 88 valence electrons. The molecule has 0 spiro atoms. The molecule has 2 aromatic heterocycles. The first kappa shape index (κ1) is 11.4. The van der Waals surface area contributed by atoms with Crippen LogP contribution >= 0.6 is 0 Å². The highest BCUT2D eigenvalue weighted by Gasteiger charge is 2.06. The SMILES string of the molecule is CCOC(=O)/C(C)=C/c1cn2ccccc2n1. The maximum atomic E-state index is 11.4. The molecule has 0 saturated heterocycles. The third-order valence-electron chi connectivity index (χ3n) is 2.34. The van der Waals surface area contributed by atoms with Gasteiger partial charge in [-0.1, -0.05) is 6.07 Å². The van der Waals surface area contributed by atoms with Crippen LogP contribution in [0.2, 0.25) is 0 Å². The Morgan fingerprint density at radius 2 is 2.35 bits per heavy atom. The molecule has 0 amide bonds. The first-order chi connectivity index (χ1) is 8.20. The van der Waals surface area contributed by atoms with Gasteiger partial charge in [0.05, 0.1) is 12.3 Å². The summed E-state index contributed by atoms with van der Waals surface area (Å²) >= 11 is 0. The summed E-state index contributed by atoms with van der Waals surface area (Å²) in [5.74, 6) is -0.301. The lowest BCUT2D eigenvalue weighted by Crippen LogP contribution is -2.04. The molecule has 2 heterocycles. The number of ether oxygens (including phenoxy) is 1. The Kier molecular flexibility index (Phi) is 3.23. The van der Waals surface area contributed by atoms with Crippen molar-refractivity contribution in [1.82, 2.24) is 9.38 Å². The Bertz CT molecular complexity index is 537. The van der Waals surface area contributed by atoms with E-state index in [0.717, 1.165) is 11.3 Å². The molecule has 0 atom stereocenters. The van der Waals surface area contributed by atoms with E-state index in [-0.39, 0.29) is 5.97 Å². The third kappa shape index (κ3) is 2.53. The van der Waals surface area contributed by atoms with Crippen LogP contribution in [0.5, 0.6) is 0 Å². The van der Waals surface area contributed by atoms with Gasteiger partial charge in [0.15, 0.2) is 0 Å². The second kappa shape index (κ2) is 4.82. The maximum Gasteiger partial charge on any atom is 0.333 e. The van der Waals surface area contributed by atoms with Crippen molar-refractivity contribution in [1.29, 1.82) is 0 Å². The minimum Gasteiger partial charge on any atom is -0.463 e. The first-order valence-corrected chi connectivity index (χ1v) is 5.50. The van der Waals surface area contributed by atoms with Crippen LogP contribution in [-0.2, 0) is 9.53 Å². The number of carbonyl (C=O) groups excluding carboxylic acids is 1. The van der Waals surface area contributed by atoms with E-state index in [0.29, 0.717) is 12.2 Å². The first-order valence-electron chi connectivity index (χ1n) is 5.50. The van der Waals surface area contributed by atoms with Crippen LogP contribution in [0.4, 0.5) is 0 Å². The van der Waals surface area contributed by atoms with E-state index in [9.17, 15) is 4.79 Å². The van der Waals surface area contributed by atoms with Gasteiger partial charge in [0.2, 0.25) is 0 Å². The maximum absolute atomic E-state index is 11.4. The molecule has 4 nitrogen and oxygen atoms in total. The number of aromatic nitrogens is 2. The van der Waals surface area contributed by atoms with Crippen molar-refractivity contribution in [2.75, 3.05) is 6.61 Å². The van der Waals surface area contributed by atoms with E-state index >= 15 is 0 Å². The van der Waals surface area contributed by atoms with Crippen LogP contribution in [0, 0.1) is 0 Å². The van der Waals surface area contributed by atoms with Crippen LogP contribution in [0.25, 0.3) is 11.7 Å². The van der Waals surface area contributed by atoms with Crippen molar-refractivity contribution in [3.05, 3.63) is 41.9 Å². The lowest BCUT2D eigenvalue weighted by atomic mass is 10.2. The van der Waals surface area contributed by atoms with Gasteiger partial charge in [0.25, 0.3) is 0 Å². The van der Waals surface area contributed by atoms with Crippen molar-refractivity contribution in [2.45, 2.75) is 13.8 Å². The fourth-order valence-corrected chi connectivity index (χ4v) is 1.55. The lowest BCUT2D eigenvalue weighted by molar-refractivity contribution is -0.138. The average Bonchev–Trinajstić information content (AvgIpc) is 2.71. The van der Waals surface area contributed by atoms with Gasteiger partial charge in [-0.15, -0.1) is 0 Å². The summed E-state index contributed by atoms with van der Waals surface area (Å²) < 4.78 is 6.82. The highest BCUT2D eigenvalue weighted by atomic mass is 16.5. The molecular formula is C13H14N2O2. The van der Waals surface area contributed by atoms with Crippen LogP contribution in [0.3, 0.4) is 0 Å². The Morgan fingerprint density at radius 3 is 3.06 bits per heavy atom. The second-order valence-electron chi connectivity index (χ2n) is 3.68. The van der Waals surface area contributed by atoms with Gasteiger partial charge >= 0.3 is 5.97 Å². The number of imidazole rings is 1. The molecule has 0 aliphatic rings. The van der Waals surface area contributed by atoms with E-state index in [4.69, 9.17) is 4.74 Å². The van der Waals surface area contributed by atoms with Gasteiger partial charge in [-0.25, -0.2) is 9.78 Å². The van der Waals surface area contributed by atoms with E-state index in [2.05, 4.69) is 4.98 Å². The van der Waals surface area contributed by atoms with Crippen LogP contribution < -0.4 is 0 Å². The highest BCUT2D eigenvalue weighted by Crippen LogP contribution is 2.09. The highest BCUT2D eigenvalue weighted by molar-refractivity contribution is 5.92. The fraction of sp³-hybridized carbons (Fsp3) is 0.231. The van der Waals surface area contributed by atoms with Crippen LogP contribution in [0.15, 0.2) is 36.2 Å². The zero-order valence-corrected chi connectivity index (χ0v) is 9.88. The van der Waals surface area contributed by atoms with Crippen molar-refractivity contribution >= 4 is 17.7 Å². The molecule has 4 heteroatoms. The molecule has 0 N–H and O–H groups in total. The van der Waals surface area contributed by atoms with Crippen molar-refractivity contribution in [2.24, 2.45) is 0 Å². The van der Waals surface area contributed by atoms with Gasteiger partial charge < -0.3 is 9.14 Å². The molecule has 0 aromatic carbocycles. The molecule has 0 aliphatic heterocycles. The normalized spacial score (nSPS) is 11.8. The van der Waals surface area contributed by atoms with Crippen molar-refractivity contribution in [3.63, 3.8) is 0 Å². The van der Waals surface area contributed by atoms with Crippen LogP contribution in [0.1, 0.15) is 19.5 Å². The summed E-state index contributed by atoms with van der Waals surface area (Å²) in [7, 11) is 0. The largest absolute Gasteiger partial charge is 0.463 e. The molecule has 0 radical (unpaired) electrons. The Morgan fingerprint density at radius 1 is 1.53 bits per heavy atom. The summed E-state index contributed by atoms with van der Waals surface area (Å²) in [5, 5.41) is 0. The van der Waals surface area contributed by atoms with Gasteiger partial charge in [0, 0.05) is 18.0 Å². The molecule has 0 saturated carbocycles. The smallest absolute Gasteiger partial charge is 0.333 e. The number of pyridine rings is 1. The van der Waals surface area contributed by atoms with E-state index in [1.807, 2.05) is 35.0 Å². The second-order valence-corrected chi connectivity index (χ2v) is 3.68. The van der Waals surface area contributed by atoms with E-state index in [1.165, 1.54) is 0 Å². The molecule has 0 bridgehead atoms. The van der Waals surface area contributed by atoms with E-state index in [1.54, 1.807) is 19.9 Å². The summed E-state index contributed by atoms with van der Waals surface area (Å²) in [4.78, 5) is 15.8. The molecule has 2 rings (SSSR count). The Labute approximate surface area is 99.5 Å². The number of nitrogens with zero attached hydrogens (tertiary/aromatic N) is 2. The Hall–Kier alpha value is -2.10.